The standard InChI is InChI=1S/C17H19NO6/c1-21-14-9-12(17(20)23-3)13(10-15(14)22-2)18-16(19)7-6-11-5-4-8-24-11/h4-5,8-10H,6-7H2,1-3H3,(H,18,19). The fourth-order valence-electron chi connectivity index (χ4n) is 2.17. The van der Waals surface area contributed by atoms with Crippen LogP contribution < -0.4 is 14.8 Å². The Morgan fingerprint density at radius 3 is 2.42 bits per heavy atom. The summed E-state index contributed by atoms with van der Waals surface area (Å²) in [5.74, 6) is 0.629. The van der Waals surface area contributed by atoms with Crippen LogP contribution in [0.3, 0.4) is 0 Å². The van der Waals surface area contributed by atoms with Gasteiger partial charge in [0.15, 0.2) is 11.5 Å². The van der Waals surface area contributed by atoms with Gasteiger partial charge in [-0.2, -0.15) is 0 Å². The topological polar surface area (TPSA) is 87.0 Å². The second kappa shape index (κ2) is 8.05. The van der Waals surface area contributed by atoms with Gasteiger partial charge in [-0.15, -0.1) is 0 Å². The molecule has 2 aromatic rings. The fourth-order valence-corrected chi connectivity index (χ4v) is 2.17. The lowest BCUT2D eigenvalue weighted by molar-refractivity contribution is -0.116. The molecule has 128 valence electrons. The number of ether oxygens (including phenoxy) is 3. The summed E-state index contributed by atoms with van der Waals surface area (Å²) in [6.07, 6.45) is 2.22. The number of amides is 1. The van der Waals surface area contributed by atoms with Gasteiger partial charge in [0.25, 0.3) is 0 Å². The fraction of sp³-hybridized carbons (Fsp3) is 0.294. The Hall–Kier alpha value is -2.96. The molecule has 0 saturated carbocycles. The van der Waals surface area contributed by atoms with E-state index in [0.29, 0.717) is 29.4 Å². The van der Waals surface area contributed by atoms with E-state index in [-0.39, 0.29) is 17.9 Å². The molecule has 1 heterocycles. The largest absolute Gasteiger partial charge is 0.493 e. The van der Waals surface area contributed by atoms with Gasteiger partial charge in [0, 0.05) is 25.0 Å². The molecule has 0 bridgehead atoms. The lowest BCUT2D eigenvalue weighted by Crippen LogP contribution is -2.16. The third-order valence-electron chi connectivity index (χ3n) is 3.38. The molecule has 0 fully saturated rings. The third kappa shape index (κ3) is 4.07. The summed E-state index contributed by atoms with van der Waals surface area (Å²) in [6.45, 7) is 0. The first-order valence-electron chi connectivity index (χ1n) is 7.25. The van der Waals surface area contributed by atoms with E-state index in [1.54, 1.807) is 18.4 Å². The first-order chi connectivity index (χ1) is 11.6. The van der Waals surface area contributed by atoms with E-state index in [1.807, 2.05) is 0 Å². The molecule has 0 radical (unpaired) electrons. The highest BCUT2D eigenvalue weighted by Crippen LogP contribution is 2.33. The third-order valence-corrected chi connectivity index (χ3v) is 3.38. The average molecular weight is 333 g/mol. The Morgan fingerprint density at radius 2 is 1.83 bits per heavy atom. The van der Waals surface area contributed by atoms with Crippen molar-refractivity contribution in [1.29, 1.82) is 0 Å². The number of methoxy groups -OCH3 is 3. The molecule has 2 rings (SSSR count). The molecule has 1 N–H and O–H groups in total. The molecule has 1 aromatic carbocycles. The van der Waals surface area contributed by atoms with Crippen LogP contribution in [0.25, 0.3) is 0 Å². The van der Waals surface area contributed by atoms with Gasteiger partial charge >= 0.3 is 5.97 Å². The molecule has 1 aromatic heterocycles. The van der Waals surface area contributed by atoms with Crippen LogP contribution in [0.4, 0.5) is 5.69 Å². The first-order valence-corrected chi connectivity index (χ1v) is 7.25. The molecule has 0 aliphatic carbocycles. The zero-order chi connectivity index (χ0) is 17.5. The predicted octanol–water partition coefficient (Wildman–Crippen LogP) is 2.65. The Morgan fingerprint density at radius 1 is 1.12 bits per heavy atom. The number of hydrogen-bond acceptors (Lipinski definition) is 6. The number of aryl methyl sites for hydroxylation is 1. The minimum atomic E-state index is -0.586. The predicted molar refractivity (Wildman–Crippen MR) is 86.5 cm³/mol. The highest BCUT2D eigenvalue weighted by Gasteiger charge is 2.19. The average Bonchev–Trinajstić information content (AvgIpc) is 3.12. The van der Waals surface area contributed by atoms with Crippen molar-refractivity contribution in [2.24, 2.45) is 0 Å². The van der Waals surface area contributed by atoms with Gasteiger partial charge < -0.3 is 23.9 Å². The summed E-state index contributed by atoms with van der Waals surface area (Å²) in [7, 11) is 4.19. The highest BCUT2D eigenvalue weighted by molar-refractivity contribution is 6.02. The molecular formula is C17H19NO6. The number of benzene rings is 1. The van der Waals surface area contributed by atoms with Gasteiger partial charge in [-0.05, 0) is 12.1 Å². The number of rotatable bonds is 7. The Kier molecular flexibility index (Phi) is 5.83. The van der Waals surface area contributed by atoms with E-state index in [9.17, 15) is 9.59 Å². The Labute approximate surface area is 139 Å². The summed E-state index contributed by atoms with van der Waals surface area (Å²) >= 11 is 0. The van der Waals surface area contributed by atoms with Gasteiger partial charge in [-0.3, -0.25) is 4.79 Å². The van der Waals surface area contributed by atoms with Crippen LogP contribution >= 0.6 is 0 Å². The van der Waals surface area contributed by atoms with Crippen LogP contribution in [0.1, 0.15) is 22.5 Å². The van der Waals surface area contributed by atoms with Crippen molar-refractivity contribution in [2.45, 2.75) is 12.8 Å². The minimum Gasteiger partial charge on any atom is -0.493 e. The van der Waals surface area contributed by atoms with Gasteiger partial charge in [0.05, 0.1) is 38.8 Å². The second-order valence-corrected chi connectivity index (χ2v) is 4.87. The molecule has 1 amide bonds. The quantitative estimate of drug-likeness (QED) is 0.784. The van der Waals surface area contributed by atoms with E-state index >= 15 is 0 Å². The van der Waals surface area contributed by atoms with Crippen LogP contribution in [-0.4, -0.2) is 33.2 Å². The van der Waals surface area contributed by atoms with E-state index in [4.69, 9.17) is 18.6 Å². The van der Waals surface area contributed by atoms with Crippen molar-refractivity contribution in [3.8, 4) is 11.5 Å². The van der Waals surface area contributed by atoms with Crippen molar-refractivity contribution in [2.75, 3.05) is 26.6 Å². The molecule has 0 unspecified atom stereocenters. The molecular weight excluding hydrogens is 314 g/mol. The molecule has 7 heteroatoms. The lowest BCUT2D eigenvalue weighted by atomic mass is 10.1. The van der Waals surface area contributed by atoms with E-state index in [2.05, 4.69) is 5.32 Å². The van der Waals surface area contributed by atoms with Crippen LogP contribution in [0.2, 0.25) is 0 Å². The van der Waals surface area contributed by atoms with Crippen LogP contribution in [0.15, 0.2) is 34.9 Å². The van der Waals surface area contributed by atoms with Crippen molar-refractivity contribution in [1.82, 2.24) is 0 Å². The highest BCUT2D eigenvalue weighted by atomic mass is 16.5. The number of carbonyl (C=O) groups is 2. The maximum atomic E-state index is 12.1. The van der Waals surface area contributed by atoms with Gasteiger partial charge in [0.2, 0.25) is 5.91 Å². The van der Waals surface area contributed by atoms with E-state index < -0.39 is 5.97 Å². The van der Waals surface area contributed by atoms with Crippen molar-refractivity contribution < 1.29 is 28.2 Å². The molecule has 7 nitrogen and oxygen atoms in total. The van der Waals surface area contributed by atoms with Crippen molar-refractivity contribution >= 4 is 17.6 Å². The summed E-state index contributed by atoms with van der Waals surface area (Å²) in [5, 5.41) is 2.70. The SMILES string of the molecule is COC(=O)c1cc(OC)c(OC)cc1NC(=O)CCc1ccco1. The monoisotopic (exact) mass is 333 g/mol. The number of esters is 1. The molecule has 0 aliphatic heterocycles. The molecule has 24 heavy (non-hydrogen) atoms. The number of furan rings is 1. The van der Waals surface area contributed by atoms with Crippen LogP contribution in [-0.2, 0) is 16.0 Å². The van der Waals surface area contributed by atoms with Gasteiger partial charge in [-0.25, -0.2) is 4.79 Å². The van der Waals surface area contributed by atoms with E-state index in [0.717, 1.165) is 0 Å². The maximum absolute atomic E-state index is 12.1. The number of anilines is 1. The minimum absolute atomic E-state index is 0.182. The van der Waals surface area contributed by atoms with Crippen LogP contribution in [0, 0.1) is 0 Å². The summed E-state index contributed by atoms with van der Waals surface area (Å²) in [6, 6.07) is 6.54. The zero-order valence-corrected chi connectivity index (χ0v) is 13.8. The molecule has 0 spiro atoms. The van der Waals surface area contributed by atoms with Crippen molar-refractivity contribution in [3.63, 3.8) is 0 Å². The summed E-state index contributed by atoms with van der Waals surface area (Å²) < 4.78 is 20.3. The van der Waals surface area contributed by atoms with E-state index in [1.165, 1.54) is 33.5 Å². The summed E-state index contributed by atoms with van der Waals surface area (Å²) in [4.78, 5) is 24.1. The molecule has 0 aliphatic rings. The second-order valence-electron chi connectivity index (χ2n) is 4.87. The normalized spacial score (nSPS) is 10.1. The van der Waals surface area contributed by atoms with Gasteiger partial charge in [0.1, 0.15) is 5.76 Å². The number of hydrogen-bond donors (Lipinski definition) is 1. The molecule has 0 atom stereocenters. The number of nitrogens with one attached hydrogen (secondary N) is 1. The Balaban J connectivity index is 2.20. The molecule has 0 saturated heterocycles. The van der Waals surface area contributed by atoms with Gasteiger partial charge in [-0.1, -0.05) is 0 Å². The van der Waals surface area contributed by atoms with Crippen molar-refractivity contribution in [3.05, 3.63) is 41.9 Å². The number of carbonyl (C=O) groups excluding carboxylic acids is 2. The maximum Gasteiger partial charge on any atom is 0.340 e. The Bertz CT molecular complexity index is 708. The summed E-state index contributed by atoms with van der Waals surface area (Å²) in [5.41, 5.74) is 0.477. The smallest absolute Gasteiger partial charge is 0.340 e. The van der Waals surface area contributed by atoms with Crippen LogP contribution in [0.5, 0.6) is 11.5 Å². The lowest BCUT2D eigenvalue weighted by Gasteiger charge is -2.14. The first kappa shape index (κ1) is 17.4. The zero-order valence-electron chi connectivity index (χ0n) is 13.8.